The first-order valence-corrected chi connectivity index (χ1v) is 9.10. The molecular formula is C18H21N3O3S. The van der Waals surface area contributed by atoms with E-state index in [0.717, 1.165) is 22.1 Å². The first-order chi connectivity index (χ1) is 12.0. The summed E-state index contributed by atoms with van der Waals surface area (Å²) in [6.07, 6.45) is 2.60. The quantitative estimate of drug-likeness (QED) is 0.465. The minimum atomic E-state index is -0.420. The highest BCUT2D eigenvalue weighted by Gasteiger charge is 2.12. The average Bonchev–Trinajstić information content (AvgIpc) is 2.60. The third-order valence-corrected chi connectivity index (χ3v) is 4.13. The summed E-state index contributed by atoms with van der Waals surface area (Å²) in [5.41, 5.74) is 3.35. The van der Waals surface area contributed by atoms with Crippen LogP contribution < -0.4 is 5.32 Å². The summed E-state index contributed by atoms with van der Waals surface area (Å²) in [6.45, 7) is 3.51. The molecule has 0 saturated heterocycles. The van der Waals surface area contributed by atoms with Crippen molar-refractivity contribution < 1.29 is 14.3 Å². The maximum Gasteiger partial charge on any atom is 0.306 e. The van der Waals surface area contributed by atoms with Gasteiger partial charge in [0.1, 0.15) is 0 Å². The molecule has 0 aliphatic carbocycles. The van der Waals surface area contributed by atoms with Gasteiger partial charge in [0.05, 0.1) is 0 Å². The lowest BCUT2D eigenvalue weighted by molar-refractivity contribution is -0.147. The number of nitrogens with one attached hydrogen (secondary N) is 1. The van der Waals surface area contributed by atoms with Crippen LogP contribution in [0.25, 0.3) is 0 Å². The van der Waals surface area contributed by atoms with Gasteiger partial charge in [-0.1, -0.05) is 30.0 Å². The van der Waals surface area contributed by atoms with Crippen LogP contribution in [0.3, 0.4) is 0 Å². The van der Waals surface area contributed by atoms with Crippen LogP contribution in [0.1, 0.15) is 23.4 Å². The van der Waals surface area contributed by atoms with E-state index in [1.54, 1.807) is 12.1 Å². The van der Waals surface area contributed by atoms with Crippen LogP contribution in [0, 0.1) is 13.8 Å². The van der Waals surface area contributed by atoms with E-state index in [4.69, 9.17) is 4.74 Å². The lowest BCUT2D eigenvalue weighted by Gasteiger charge is -2.10. The maximum absolute atomic E-state index is 11.9. The number of anilines is 1. The molecule has 7 heteroatoms. The van der Waals surface area contributed by atoms with E-state index < -0.39 is 5.97 Å². The van der Waals surface area contributed by atoms with Crippen molar-refractivity contribution in [1.82, 2.24) is 9.97 Å². The van der Waals surface area contributed by atoms with Crippen LogP contribution in [-0.2, 0) is 20.7 Å². The molecular weight excluding hydrogens is 338 g/mol. The summed E-state index contributed by atoms with van der Waals surface area (Å²) >= 11 is 1.48. The summed E-state index contributed by atoms with van der Waals surface area (Å²) in [7, 11) is 0. The van der Waals surface area contributed by atoms with Crippen molar-refractivity contribution in [3.05, 3.63) is 47.3 Å². The Morgan fingerprint density at radius 3 is 2.36 bits per heavy atom. The van der Waals surface area contributed by atoms with E-state index in [0.29, 0.717) is 12.1 Å². The number of rotatable bonds is 7. The Bertz CT molecular complexity index is 727. The molecule has 1 amide bonds. The Morgan fingerprint density at radius 2 is 1.76 bits per heavy atom. The number of benzene rings is 1. The third-order valence-electron chi connectivity index (χ3n) is 3.58. The highest BCUT2D eigenvalue weighted by molar-refractivity contribution is 7.98. The molecule has 0 aliphatic heterocycles. The standard InChI is InChI=1S/C18H21N3O3S/c1-12-15(13(2)20-18(19-12)25-3)9-10-17(23)24-11-16(22)21-14-7-5-4-6-8-14/h4-8H,9-11H2,1-3H3,(H,21,22). The van der Waals surface area contributed by atoms with Crippen molar-refractivity contribution in [2.45, 2.75) is 31.8 Å². The number of carbonyl (C=O) groups excluding carboxylic acids is 2. The normalized spacial score (nSPS) is 10.4. The van der Waals surface area contributed by atoms with Crippen LogP contribution in [0.4, 0.5) is 5.69 Å². The Balaban J connectivity index is 1.80. The van der Waals surface area contributed by atoms with Gasteiger partial charge < -0.3 is 10.1 Å². The summed E-state index contributed by atoms with van der Waals surface area (Å²) < 4.78 is 5.03. The number of carbonyl (C=O) groups is 2. The predicted molar refractivity (Wildman–Crippen MR) is 97.6 cm³/mol. The second kappa shape index (κ2) is 9.17. The molecule has 0 aliphatic rings. The minimum Gasteiger partial charge on any atom is -0.456 e. The van der Waals surface area contributed by atoms with E-state index in [1.165, 1.54) is 11.8 Å². The Labute approximate surface area is 151 Å². The number of nitrogens with zero attached hydrogens (tertiary/aromatic N) is 2. The van der Waals surface area contributed by atoms with Gasteiger partial charge in [0.2, 0.25) is 0 Å². The zero-order valence-corrected chi connectivity index (χ0v) is 15.4. The fraction of sp³-hybridized carbons (Fsp3) is 0.333. The Morgan fingerprint density at radius 1 is 1.12 bits per heavy atom. The molecule has 1 aromatic carbocycles. The number of para-hydroxylation sites is 1. The number of aryl methyl sites for hydroxylation is 2. The molecule has 0 radical (unpaired) electrons. The number of hydrogen-bond acceptors (Lipinski definition) is 6. The molecule has 0 fully saturated rings. The number of aromatic nitrogens is 2. The molecule has 1 N–H and O–H groups in total. The molecule has 0 atom stereocenters. The molecule has 0 unspecified atom stereocenters. The van der Waals surface area contributed by atoms with Crippen LogP contribution in [0.15, 0.2) is 35.5 Å². The monoisotopic (exact) mass is 359 g/mol. The van der Waals surface area contributed by atoms with Crippen molar-refractivity contribution >= 4 is 29.3 Å². The Kier molecular flexibility index (Phi) is 6.94. The largest absolute Gasteiger partial charge is 0.456 e. The maximum atomic E-state index is 11.9. The lowest BCUT2D eigenvalue weighted by Crippen LogP contribution is -2.21. The average molecular weight is 359 g/mol. The fourth-order valence-electron chi connectivity index (χ4n) is 2.33. The molecule has 25 heavy (non-hydrogen) atoms. The minimum absolute atomic E-state index is 0.183. The van der Waals surface area contributed by atoms with E-state index in [2.05, 4.69) is 15.3 Å². The summed E-state index contributed by atoms with van der Waals surface area (Å²) in [5.74, 6) is -0.782. The van der Waals surface area contributed by atoms with Gasteiger partial charge in [-0.3, -0.25) is 9.59 Å². The SMILES string of the molecule is CSc1nc(C)c(CCC(=O)OCC(=O)Nc2ccccc2)c(C)n1. The molecule has 1 aromatic heterocycles. The second-order valence-electron chi connectivity index (χ2n) is 5.43. The number of ether oxygens (including phenoxy) is 1. The van der Waals surface area contributed by atoms with Gasteiger partial charge in [0, 0.05) is 23.5 Å². The summed E-state index contributed by atoms with van der Waals surface area (Å²) in [6, 6.07) is 9.02. The number of esters is 1. The predicted octanol–water partition coefficient (Wildman–Crippen LogP) is 2.93. The zero-order valence-electron chi connectivity index (χ0n) is 14.5. The topological polar surface area (TPSA) is 81.2 Å². The number of hydrogen-bond donors (Lipinski definition) is 1. The van der Waals surface area contributed by atoms with Gasteiger partial charge in [-0.2, -0.15) is 0 Å². The van der Waals surface area contributed by atoms with Crippen molar-refractivity contribution in [1.29, 1.82) is 0 Å². The van der Waals surface area contributed by atoms with E-state index in [9.17, 15) is 9.59 Å². The van der Waals surface area contributed by atoms with E-state index in [1.807, 2.05) is 38.3 Å². The van der Waals surface area contributed by atoms with Gasteiger partial charge in [-0.05, 0) is 44.2 Å². The second-order valence-corrected chi connectivity index (χ2v) is 6.21. The van der Waals surface area contributed by atoms with Crippen LogP contribution in [0.5, 0.6) is 0 Å². The molecule has 0 bridgehead atoms. The molecule has 6 nitrogen and oxygen atoms in total. The van der Waals surface area contributed by atoms with Crippen LogP contribution in [-0.4, -0.2) is 34.7 Å². The van der Waals surface area contributed by atoms with E-state index >= 15 is 0 Å². The van der Waals surface area contributed by atoms with Crippen molar-refractivity contribution in [2.75, 3.05) is 18.2 Å². The van der Waals surface area contributed by atoms with Crippen molar-refractivity contribution in [3.8, 4) is 0 Å². The lowest BCUT2D eigenvalue weighted by atomic mass is 10.1. The number of thioether (sulfide) groups is 1. The van der Waals surface area contributed by atoms with Gasteiger partial charge in [0.25, 0.3) is 5.91 Å². The number of amides is 1. The first-order valence-electron chi connectivity index (χ1n) is 7.88. The zero-order chi connectivity index (χ0) is 18.2. The molecule has 132 valence electrons. The van der Waals surface area contributed by atoms with Crippen molar-refractivity contribution in [3.63, 3.8) is 0 Å². The van der Waals surface area contributed by atoms with Gasteiger partial charge in [-0.25, -0.2) is 9.97 Å². The van der Waals surface area contributed by atoms with Crippen LogP contribution >= 0.6 is 11.8 Å². The van der Waals surface area contributed by atoms with Gasteiger partial charge >= 0.3 is 5.97 Å². The van der Waals surface area contributed by atoms with Crippen LogP contribution in [0.2, 0.25) is 0 Å². The third kappa shape index (κ3) is 5.86. The van der Waals surface area contributed by atoms with E-state index in [-0.39, 0.29) is 18.9 Å². The highest BCUT2D eigenvalue weighted by Crippen LogP contribution is 2.17. The molecule has 0 saturated carbocycles. The Hall–Kier alpha value is -2.41. The molecule has 2 aromatic rings. The highest BCUT2D eigenvalue weighted by atomic mass is 32.2. The summed E-state index contributed by atoms with van der Waals surface area (Å²) in [4.78, 5) is 32.4. The molecule has 1 heterocycles. The smallest absolute Gasteiger partial charge is 0.306 e. The first kappa shape index (κ1) is 18.9. The summed E-state index contributed by atoms with van der Waals surface area (Å²) in [5, 5.41) is 3.38. The molecule has 0 spiro atoms. The molecule has 2 rings (SSSR count). The van der Waals surface area contributed by atoms with Crippen molar-refractivity contribution in [2.24, 2.45) is 0 Å². The van der Waals surface area contributed by atoms with Gasteiger partial charge in [-0.15, -0.1) is 0 Å². The fourth-order valence-corrected chi connectivity index (χ4v) is 2.78. The van der Waals surface area contributed by atoms with Gasteiger partial charge in [0.15, 0.2) is 11.8 Å².